The number of pyridine rings is 1. The molecule has 0 bridgehead atoms. The third-order valence-electron chi connectivity index (χ3n) is 3.39. The molecule has 2 N–H and O–H groups in total. The van der Waals surface area contributed by atoms with Gasteiger partial charge in [0.15, 0.2) is 0 Å². The number of carbonyl (C=O) groups is 1. The molecule has 0 radical (unpaired) electrons. The zero-order valence-electron chi connectivity index (χ0n) is 12.3. The zero-order chi connectivity index (χ0) is 16.3. The van der Waals surface area contributed by atoms with Gasteiger partial charge >= 0.3 is 0 Å². The lowest BCUT2D eigenvalue weighted by Crippen LogP contribution is -2.37. The summed E-state index contributed by atoms with van der Waals surface area (Å²) in [5.74, 6) is -0.351. The van der Waals surface area contributed by atoms with Gasteiger partial charge < -0.3 is 15.0 Å². The van der Waals surface area contributed by atoms with Gasteiger partial charge in [0.05, 0.1) is 17.7 Å². The summed E-state index contributed by atoms with van der Waals surface area (Å²) in [5.41, 5.74) is 0.834. The Labute approximate surface area is 133 Å². The number of hydrogen-bond donors (Lipinski definition) is 2. The number of nitrogens with one attached hydrogen (secondary N) is 1. The van der Waals surface area contributed by atoms with E-state index in [1.165, 1.54) is 22.9 Å². The number of halogens is 1. The van der Waals surface area contributed by atoms with Crippen LogP contribution in [0, 0.1) is 0 Å². The maximum atomic E-state index is 12.1. The third-order valence-corrected chi connectivity index (χ3v) is 3.64. The molecule has 1 amide bonds. The molecule has 2 rings (SSSR count). The smallest absolute Gasteiger partial charge is 0.253 e. The molecule has 116 valence electrons. The number of benzene rings is 1. The van der Waals surface area contributed by atoms with Gasteiger partial charge in [-0.05, 0) is 30.7 Å². The van der Waals surface area contributed by atoms with Crippen molar-refractivity contribution in [2.75, 3.05) is 0 Å². The van der Waals surface area contributed by atoms with Crippen molar-refractivity contribution in [3.05, 3.63) is 69.1 Å². The largest absolute Gasteiger partial charge is 0.386 e. The Kier molecular flexibility index (Phi) is 5.00. The van der Waals surface area contributed by atoms with Gasteiger partial charge in [-0.1, -0.05) is 23.7 Å². The van der Waals surface area contributed by atoms with E-state index < -0.39 is 12.1 Å². The number of aromatic nitrogens is 1. The second-order valence-electron chi connectivity index (χ2n) is 5.13. The van der Waals surface area contributed by atoms with Gasteiger partial charge in [-0.3, -0.25) is 9.59 Å². The van der Waals surface area contributed by atoms with Crippen LogP contribution >= 0.6 is 11.6 Å². The highest BCUT2D eigenvalue weighted by molar-refractivity contribution is 6.30. The molecule has 2 atom stereocenters. The summed E-state index contributed by atoms with van der Waals surface area (Å²) in [6.45, 7) is 1.71. The number of aryl methyl sites for hydroxylation is 1. The zero-order valence-corrected chi connectivity index (χ0v) is 13.0. The normalized spacial score (nSPS) is 13.5. The predicted octanol–water partition coefficient (Wildman–Crippen LogP) is 1.89. The van der Waals surface area contributed by atoms with Crippen LogP contribution in [0.25, 0.3) is 0 Å². The predicted molar refractivity (Wildman–Crippen MR) is 85.0 cm³/mol. The van der Waals surface area contributed by atoms with Gasteiger partial charge in [-0.15, -0.1) is 0 Å². The van der Waals surface area contributed by atoms with E-state index in [1.54, 1.807) is 38.2 Å². The fourth-order valence-corrected chi connectivity index (χ4v) is 2.17. The maximum absolute atomic E-state index is 12.1. The summed E-state index contributed by atoms with van der Waals surface area (Å²) in [4.78, 5) is 23.5. The molecule has 2 unspecified atom stereocenters. The molecule has 0 aliphatic rings. The van der Waals surface area contributed by atoms with Crippen molar-refractivity contribution in [2.24, 2.45) is 7.05 Å². The quantitative estimate of drug-likeness (QED) is 0.903. The minimum Gasteiger partial charge on any atom is -0.386 e. The first-order chi connectivity index (χ1) is 10.4. The number of nitrogens with zero attached hydrogens (tertiary/aromatic N) is 1. The van der Waals surface area contributed by atoms with E-state index in [9.17, 15) is 14.7 Å². The Morgan fingerprint density at radius 3 is 2.45 bits per heavy atom. The summed E-state index contributed by atoms with van der Waals surface area (Å²) < 4.78 is 1.33. The second-order valence-corrected chi connectivity index (χ2v) is 5.56. The molecular formula is C16H17ClN2O3. The Hall–Kier alpha value is -2.11. The number of amides is 1. The van der Waals surface area contributed by atoms with Crippen LogP contribution < -0.4 is 10.9 Å². The summed E-state index contributed by atoms with van der Waals surface area (Å²) in [6, 6.07) is 9.08. The molecule has 5 nitrogen and oxygen atoms in total. The number of aliphatic hydroxyl groups excluding tert-OH is 1. The topological polar surface area (TPSA) is 71.3 Å². The molecular weight excluding hydrogens is 304 g/mol. The van der Waals surface area contributed by atoms with Gasteiger partial charge in [0.1, 0.15) is 0 Å². The summed E-state index contributed by atoms with van der Waals surface area (Å²) in [5, 5.41) is 13.6. The van der Waals surface area contributed by atoms with Crippen molar-refractivity contribution in [2.45, 2.75) is 19.1 Å². The Morgan fingerprint density at radius 2 is 1.86 bits per heavy atom. The number of aliphatic hydroxyl groups is 1. The molecule has 1 aromatic heterocycles. The van der Waals surface area contributed by atoms with Crippen LogP contribution in [-0.2, 0) is 7.05 Å². The van der Waals surface area contributed by atoms with Crippen LogP contribution in [0.2, 0.25) is 5.02 Å². The molecule has 0 saturated heterocycles. The van der Waals surface area contributed by atoms with Crippen LogP contribution in [0.15, 0.2) is 47.4 Å². The number of hydrogen-bond acceptors (Lipinski definition) is 3. The highest BCUT2D eigenvalue weighted by atomic mass is 35.5. The van der Waals surface area contributed by atoms with E-state index in [-0.39, 0.29) is 11.5 Å². The Bertz CT molecular complexity index is 725. The second kappa shape index (κ2) is 6.77. The average Bonchev–Trinajstić information content (AvgIpc) is 2.50. The van der Waals surface area contributed by atoms with Gasteiger partial charge in [0.2, 0.25) is 5.56 Å². The molecule has 0 fully saturated rings. The van der Waals surface area contributed by atoms with Crippen molar-refractivity contribution in [1.82, 2.24) is 9.88 Å². The summed E-state index contributed by atoms with van der Waals surface area (Å²) in [7, 11) is 1.57. The molecule has 2 aromatic rings. The van der Waals surface area contributed by atoms with Gasteiger partial charge in [0, 0.05) is 24.3 Å². The molecule has 0 spiro atoms. The maximum Gasteiger partial charge on any atom is 0.253 e. The molecule has 0 aliphatic heterocycles. The molecule has 0 aliphatic carbocycles. The van der Waals surface area contributed by atoms with Gasteiger partial charge in [-0.25, -0.2) is 0 Å². The molecule has 1 heterocycles. The van der Waals surface area contributed by atoms with E-state index in [0.29, 0.717) is 16.1 Å². The van der Waals surface area contributed by atoms with Crippen molar-refractivity contribution >= 4 is 17.5 Å². The van der Waals surface area contributed by atoms with Gasteiger partial charge in [0.25, 0.3) is 5.91 Å². The van der Waals surface area contributed by atoms with Gasteiger partial charge in [-0.2, -0.15) is 0 Å². The van der Waals surface area contributed by atoms with Crippen molar-refractivity contribution < 1.29 is 9.90 Å². The lowest BCUT2D eigenvalue weighted by atomic mass is 10.0. The highest BCUT2D eigenvalue weighted by Crippen LogP contribution is 2.19. The lowest BCUT2D eigenvalue weighted by molar-refractivity contribution is 0.0851. The Balaban J connectivity index is 2.08. The SMILES string of the molecule is CC(NC(=O)c1ccc(=O)n(C)c1)C(O)c1ccc(Cl)cc1. The van der Waals surface area contributed by atoms with Crippen molar-refractivity contribution in [3.63, 3.8) is 0 Å². The average molecular weight is 321 g/mol. The first-order valence-corrected chi connectivity index (χ1v) is 7.17. The Morgan fingerprint density at radius 1 is 1.23 bits per heavy atom. The summed E-state index contributed by atoms with van der Waals surface area (Å²) >= 11 is 5.81. The van der Waals surface area contributed by atoms with Crippen LogP contribution in [0.1, 0.15) is 28.9 Å². The first kappa shape index (κ1) is 16.3. The van der Waals surface area contributed by atoms with E-state index in [2.05, 4.69) is 5.32 Å². The molecule has 1 aromatic carbocycles. The lowest BCUT2D eigenvalue weighted by Gasteiger charge is -2.20. The van der Waals surface area contributed by atoms with E-state index in [4.69, 9.17) is 11.6 Å². The van der Waals surface area contributed by atoms with Crippen LogP contribution in [0.4, 0.5) is 0 Å². The first-order valence-electron chi connectivity index (χ1n) is 6.79. The minimum atomic E-state index is -0.853. The number of carbonyl (C=O) groups excluding carboxylic acids is 1. The minimum absolute atomic E-state index is 0.189. The van der Waals surface area contributed by atoms with E-state index in [1.807, 2.05) is 0 Å². The summed E-state index contributed by atoms with van der Waals surface area (Å²) in [6.07, 6.45) is 0.604. The fourth-order valence-electron chi connectivity index (χ4n) is 2.05. The highest BCUT2D eigenvalue weighted by Gasteiger charge is 2.19. The fraction of sp³-hybridized carbons (Fsp3) is 0.250. The molecule has 0 saturated carbocycles. The van der Waals surface area contributed by atoms with Crippen LogP contribution in [0.5, 0.6) is 0 Å². The molecule has 6 heteroatoms. The monoisotopic (exact) mass is 320 g/mol. The third kappa shape index (κ3) is 3.75. The van der Waals surface area contributed by atoms with Crippen molar-refractivity contribution in [3.8, 4) is 0 Å². The van der Waals surface area contributed by atoms with E-state index >= 15 is 0 Å². The van der Waals surface area contributed by atoms with Crippen LogP contribution in [0.3, 0.4) is 0 Å². The van der Waals surface area contributed by atoms with Crippen molar-refractivity contribution in [1.29, 1.82) is 0 Å². The molecule has 22 heavy (non-hydrogen) atoms. The van der Waals surface area contributed by atoms with E-state index in [0.717, 1.165) is 0 Å². The standard InChI is InChI=1S/C16H17ClN2O3/c1-10(15(21)11-3-6-13(17)7-4-11)18-16(22)12-5-8-14(20)19(2)9-12/h3-10,15,21H,1-2H3,(H,18,22). The number of rotatable bonds is 4. The van der Waals surface area contributed by atoms with Crippen LogP contribution in [-0.4, -0.2) is 21.6 Å².